The van der Waals surface area contributed by atoms with Crippen LogP contribution in [0.2, 0.25) is 0 Å². The van der Waals surface area contributed by atoms with E-state index in [1.54, 1.807) is 12.3 Å². The third-order valence-corrected chi connectivity index (χ3v) is 4.20. The molecule has 0 unspecified atom stereocenters. The van der Waals surface area contributed by atoms with Crippen LogP contribution >= 0.6 is 0 Å². The number of carbonyl (C=O) groups is 1. The van der Waals surface area contributed by atoms with Crippen LogP contribution in [0.25, 0.3) is 10.9 Å². The van der Waals surface area contributed by atoms with Crippen molar-refractivity contribution in [2.24, 2.45) is 0 Å². The second-order valence-electron chi connectivity index (χ2n) is 5.92. The number of carboxylic acids is 1. The fourth-order valence-corrected chi connectivity index (χ4v) is 2.81. The van der Waals surface area contributed by atoms with Gasteiger partial charge in [-0.25, -0.2) is 14.2 Å². The highest BCUT2D eigenvalue weighted by molar-refractivity contribution is 5.95. The third kappa shape index (κ3) is 2.96. The van der Waals surface area contributed by atoms with Gasteiger partial charge in [0.15, 0.2) is 0 Å². The number of hydrogen-bond donors (Lipinski definition) is 2. The van der Waals surface area contributed by atoms with Crippen LogP contribution in [0.15, 0.2) is 48.8 Å². The van der Waals surface area contributed by atoms with Crippen molar-refractivity contribution in [2.75, 3.05) is 23.3 Å². The summed E-state index contributed by atoms with van der Waals surface area (Å²) in [7, 11) is 0. The van der Waals surface area contributed by atoms with Gasteiger partial charge in [0.1, 0.15) is 12.0 Å². The van der Waals surface area contributed by atoms with Crippen molar-refractivity contribution in [1.82, 2.24) is 9.97 Å². The van der Waals surface area contributed by atoms with Gasteiger partial charge in [-0.1, -0.05) is 0 Å². The van der Waals surface area contributed by atoms with Crippen LogP contribution in [-0.4, -0.2) is 40.3 Å². The fourth-order valence-electron chi connectivity index (χ4n) is 2.81. The molecule has 1 aromatic carbocycles. The minimum atomic E-state index is -1.02. The van der Waals surface area contributed by atoms with Crippen LogP contribution in [-0.2, 0) is 0 Å². The summed E-state index contributed by atoms with van der Waals surface area (Å²) in [6.45, 7) is 0.819. The molecule has 0 radical (unpaired) electrons. The first kappa shape index (κ1) is 15.3. The molecular weight excluding hydrogens is 323 g/mol. The molecule has 2 N–H and O–H groups in total. The summed E-state index contributed by atoms with van der Waals surface area (Å²) >= 11 is 0. The lowest BCUT2D eigenvalue weighted by atomic mass is 10.1. The molecule has 3 heterocycles. The maximum atomic E-state index is 13.1. The van der Waals surface area contributed by atoms with Gasteiger partial charge in [0, 0.05) is 23.5 Å². The summed E-state index contributed by atoms with van der Waals surface area (Å²) in [5, 5.41) is 13.0. The average molecular weight is 338 g/mol. The minimum Gasteiger partial charge on any atom is -0.478 e. The highest BCUT2D eigenvalue weighted by Gasteiger charge is 2.26. The molecule has 1 saturated heterocycles. The summed E-state index contributed by atoms with van der Waals surface area (Å²) in [4.78, 5) is 21.4. The van der Waals surface area contributed by atoms with Gasteiger partial charge >= 0.3 is 5.97 Å². The Morgan fingerprint density at radius 1 is 1.20 bits per heavy atom. The largest absolute Gasteiger partial charge is 0.478 e. The average Bonchev–Trinajstić information content (AvgIpc) is 2.59. The second-order valence-corrected chi connectivity index (χ2v) is 5.92. The van der Waals surface area contributed by atoms with E-state index in [9.17, 15) is 9.18 Å². The smallest absolute Gasteiger partial charge is 0.337 e. The molecule has 3 aromatic rings. The molecule has 1 aliphatic rings. The number of pyridine rings is 2. The summed E-state index contributed by atoms with van der Waals surface area (Å²) in [5.74, 6) is -0.477. The highest BCUT2D eigenvalue weighted by Crippen LogP contribution is 2.30. The quantitative estimate of drug-likeness (QED) is 0.760. The highest BCUT2D eigenvalue weighted by atomic mass is 19.1. The minimum absolute atomic E-state index is 0.131. The van der Waals surface area contributed by atoms with Gasteiger partial charge in [-0.2, -0.15) is 0 Å². The Hall–Kier alpha value is -3.22. The number of halogens is 1. The number of aromatic carboxylic acids is 1. The molecular formula is C18H15FN4O2. The number of benzene rings is 1. The number of nitrogens with zero attached hydrogens (tertiary/aromatic N) is 3. The molecule has 7 heteroatoms. The van der Waals surface area contributed by atoms with E-state index < -0.39 is 12.1 Å². The number of nitrogens with one attached hydrogen (secondary N) is 1. The Balaban J connectivity index is 1.66. The van der Waals surface area contributed by atoms with Crippen molar-refractivity contribution in [3.05, 3.63) is 54.4 Å². The van der Waals surface area contributed by atoms with E-state index >= 15 is 0 Å². The van der Waals surface area contributed by atoms with Crippen LogP contribution in [0.4, 0.5) is 21.6 Å². The van der Waals surface area contributed by atoms with E-state index in [0.29, 0.717) is 18.9 Å². The van der Waals surface area contributed by atoms with E-state index in [1.165, 1.54) is 12.3 Å². The van der Waals surface area contributed by atoms with Crippen LogP contribution in [0.5, 0.6) is 0 Å². The number of fused-ring (bicyclic) bond motifs is 1. The van der Waals surface area contributed by atoms with Crippen molar-refractivity contribution >= 4 is 34.1 Å². The Morgan fingerprint density at radius 3 is 2.72 bits per heavy atom. The molecule has 0 aliphatic carbocycles. The Labute approximate surface area is 142 Å². The lowest BCUT2D eigenvalue weighted by Gasteiger charge is -2.36. The summed E-state index contributed by atoms with van der Waals surface area (Å²) in [5.41, 5.74) is 2.70. The predicted molar refractivity (Wildman–Crippen MR) is 93.3 cm³/mol. The van der Waals surface area contributed by atoms with Crippen molar-refractivity contribution < 1.29 is 14.3 Å². The molecule has 4 rings (SSSR count). The van der Waals surface area contributed by atoms with Crippen molar-refractivity contribution in [3.8, 4) is 0 Å². The van der Waals surface area contributed by atoms with Gasteiger partial charge < -0.3 is 15.3 Å². The first-order chi connectivity index (χ1) is 12.1. The lowest BCUT2D eigenvalue weighted by molar-refractivity contribution is 0.0696. The number of hydrogen-bond acceptors (Lipinski definition) is 5. The maximum Gasteiger partial charge on any atom is 0.337 e. The second kappa shape index (κ2) is 6.01. The first-order valence-corrected chi connectivity index (χ1v) is 7.84. The Bertz CT molecular complexity index is 939. The van der Waals surface area contributed by atoms with Crippen LogP contribution in [0.3, 0.4) is 0 Å². The predicted octanol–water partition coefficient (Wildman–Crippen LogP) is 3.23. The summed E-state index contributed by atoms with van der Waals surface area (Å²) in [6, 6.07) is 10.7. The Morgan fingerprint density at radius 2 is 2.04 bits per heavy atom. The van der Waals surface area contributed by atoms with Gasteiger partial charge in [0.05, 0.1) is 29.9 Å². The van der Waals surface area contributed by atoms with Gasteiger partial charge in [-0.05, 0) is 36.4 Å². The van der Waals surface area contributed by atoms with Gasteiger partial charge in [-0.3, -0.25) is 4.98 Å². The zero-order chi connectivity index (χ0) is 17.4. The SMILES string of the molecule is O=C(O)c1ccc(Nc2ccnc3ccc(N4CC(F)C4)cc23)nc1. The van der Waals surface area contributed by atoms with Crippen LogP contribution in [0, 0.1) is 0 Å². The molecule has 2 aromatic heterocycles. The maximum absolute atomic E-state index is 13.1. The van der Waals surface area contributed by atoms with E-state index in [2.05, 4.69) is 15.3 Å². The molecule has 6 nitrogen and oxygen atoms in total. The number of aromatic nitrogens is 2. The molecule has 0 bridgehead atoms. The summed E-state index contributed by atoms with van der Waals surface area (Å²) < 4.78 is 13.1. The standard InChI is InChI=1S/C18H15FN4O2/c19-12-9-23(10-12)13-2-3-15-14(7-13)16(5-6-20-15)22-17-4-1-11(8-21-17)18(24)25/h1-8,12H,9-10H2,(H,24,25)(H,20,21,22). The van der Waals surface area contributed by atoms with E-state index in [4.69, 9.17) is 5.11 Å². The monoisotopic (exact) mass is 338 g/mol. The van der Waals surface area contributed by atoms with Gasteiger partial charge in [0.25, 0.3) is 0 Å². The molecule has 0 saturated carbocycles. The fraction of sp³-hybridized carbons (Fsp3) is 0.167. The topological polar surface area (TPSA) is 78.3 Å². The normalized spacial score (nSPS) is 14.4. The van der Waals surface area contributed by atoms with Crippen LogP contribution in [0.1, 0.15) is 10.4 Å². The first-order valence-electron chi connectivity index (χ1n) is 7.84. The van der Waals surface area contributed by atoms with Gasteiger partial charge in [-0.15, -0.1) is 0 Å². The molecule has 1 fully saturated rings. The molecule has 1 aliphatic heterocycles. The number of anilines is 3. The molecule has 0 amide bonds. The van der Waals surface area contributed by atoms with Gasteiger partial charge in [0.2, 0.25) is 0 Å². The number of carboxylic acid groups (broad SMARTS) is 1. The molecule has 0 spiro atoms. The molecule has 126 valence electrons. The lowest BCUT2D eigenvalue weighted by Crippen LogP contribution is -2.48. The van der Waals surface area contributed by atoms with Crippen molar-refractivity contribution in [2.45, 2.75) is 6.17 Å². The van der Waals surface area contributed by atoms with E-state index in [1.807, 2.05) is 29.2 Å². The van der Waals surface area contributed by atoms with Crippen LogP contribution < -0.4 is 10.2 Å². The summed E-state index contributed by atoms with van der Waals surface area (Å²) in [6.07, 6.45) is 2.23. The zero-order valence-electron chi connectivity index (χ0n) is 13.2. The van der Waals surface area contributed by atoms with E-state index in [-0.39, 0.29) is 5.56 Å². The zero-order valence-corrected chi connectivity index (χ0v) is 13.2. The molecule has 25 heavy (non-hydrogen) atoms. The van der Waals surface area contributed by atoms with Crippen molar-refractivity contribution in [1.29, 1.82) is 0 Å². The van der Waals surface area contributed by atoms with Crippen molar-refractivity contribution in [3.63, 3.8) is 0 Å². The number of rotatable bonds is 4. The third-order valence-electron chi connectivity index (χ3n) is 4.20. The van der Waals surface area contributed by atoms with E-state index in [0.717, 1.165) is 22.3 Å². The number of alkyl halides is 1. The Kier molecular flexibility index (Phi) is 3.68. The molecule has 0 atom stereocenters.